The first-order valence-corrected chi connectivity index (χ1v) is 8.32. The molecule has 22 heavy (non-hydrogen) atoms. The Kier molecular flexibility index (Phi) is 6.00. The number of rotatable bonds is 4. The quantitative estimate of drug-likeness (QED) is 0.822. The van der Waals surface area contributed by atoms with Gasteiger partial charge in [-0.05, 0) is 55.6 Å². The lowest BCUT2D eigenvalue weighted by Crippen LogP contribution is -2.46. The van der Waals surface area contributed by atoms with Crippen molar-refractivity contribution in [2.75, 3.05) is 7.11 Å². The summed E-state index contributed by atoms with van der Waals surface area (Å²) < 4.78 is 18.7. The second kappa shape index (κ2) is 7.77. The van der Waals surface area contributed by atoms with Crippen LogP contribution >= 0.6 is 12.2 Å². The molecule has 1 fully saturated rings. The van der Waals surface area contributed by atoms with Crippen LogP contribution < -0.4 is 15.4 Å². The van der Waals surface area contributed by atoms with Crippen LogP contribution in [0.5, 0.6) is 5.75 Å². The highest BCUT2D eigenvalue weighted by Crippen LogP contribution is 2.24. The van der Waals surface area contributed by atoms with Crippen LogP contribution in [0.4, 0.5) is 4.39 Å². The van der Waals surface area contributed by atoms with Crippen LogP contribution in [0.2, 0.25) is 0 Å². The minimum atomic E-state index is -0.353. The highest BCUT2D eigenvalue weighted by atomic mass is 32.1. The zero-order valence-electron chi connectivity index (χ0n) is 13.5. The molecule has 1 aromatic carbocycles. The molecule has 0 aliphatic heterocycles. The molecule has 0 heterocycles. The van der Waals surface area contributed by atoms with E-state index >= 15 is 0 Å². The smallest absolute Gasteiger partial charge is 0.166 e. The molecule has 5 heteroatoms. The van der Waals surface area contributed by atoms with Crippen molar-refractivity contribution < 1.29 is 9.13 Å². The summed E-state index contributed by atoms with van der Waals surface area (Å²) in [4.78, 5) is 0. The van der Waals surface area contributed by atoms with Gasteiger partial charge in [0.05, 0.1) is 13.2 Å². The lowest BCUT2D eigenvalue weighted by Gasteiger charge is -2.31. The Labute approximate surface area is 137 Å². The summed E-state index contributed by atoms with van der Waals surface area (Å²) >= 11 is 5.40. The second-order valence-electron chi connectivity index (χ2n) is 6.10. The van der Waals surface area contributed by atoms with Crippen molar-refractivity contribution in [1.82, 2.24) is 10.6 Å². The van der Waals surface area contributed by atoms with Crippen LogP contribution in [0, 0.1) is 11.7 Å². The van der Waals surface area contributed by atoms with E-state index in [2.05, 4.69) is 17.6 Å². The average molecular weight is 324 g/mol. The Bertz CT molecular complexity index is 523. The third-order valence-electron chi connectivity index (χ3n) is 4.45. The van der Waals surface area contributed by atoms with E-state index in [0.29, 0.717) is 17.1 Å². The number of nitrogens with one attached hydrogen (secondary N) is 2. The standard InChI is InChI=1S/C17H25FN2OS/c1-11-6-4-5-7-15(11)20-17(22)19-12(2)13-8-9-16(21-3)14(18)10-13/h8-12,15H,4-7H2,1-3H3,(H2,19,20,22)/t11-,12+,15+/m1/s1. The summed E-state index contributed by atoms with van der Waals surface area (Å²) in [5, 5.41) is 7.29. The minimum Gasteiger partial charge on any atom is -0.494 e. The normalized spacial score (nSPS) is 22.7. The Morgan fingerprint density at radius 2 is 2.09 bits per heavy atom. The molecule has 0 bridgehead atoms. The molecule has 1 aliphatic carbocycles. The lowest BCUT2D eigenvalue weighted by atomic mass is 9.86. The highest BCUT2D eigenvalue weighted by Gasteiger charge is 2.22. The Morgan fingerprint density at radius 1 is 1.36 bits per heavy atom. The second-order valence-corrected chi connectivity index (χ2v) is 6.51. The summed E-state index contributed by atoms with van der Waals surface area (Å²) in [6, 6.07) is 5.36. The third kappa shape index (κ3) is 4.32. The molecule has 2 N–H and O–H groups in total. The predicted molar refractivity (Wildman–Crippen MR) is 91.7 cm³/mol. The first kappa shape index (κ1) is 17.0. The van der Waals surface area contributed by atoms with E-state index in [4.69, 9.17) is 17.0 Å². The number of benzene rings is 1. The number of halogens is 1. The van der Waals surface area contributed by atoms with E-state index in [0.717, 1.165) is 12.0 Å². The van der Waals surface area contributed by atoms with Crippen molar-refractivity contribution in [3.05, 3.63) is 29.6 Å². The first-order valence-electron chi connectivity index (χ1n) is 7.91. The van der Waals surface area contributed by atoms with Crippen molar-refractivity contribution in [3.63, 3.8) is 0 Å². The maximum absolute atomic E-state index is 13.8. The predicted octanol–water partition coefficient (Wildman–Crippen LogP) is 3.94. The molecular weight excluding hydrogens is 299 g/mol. The van der Waals surface area contributed by atoms with Gasteiger partial charge in [0, 0.05) is 6.04 Å². The SMILES string of the molecule is COc1ccc([C@H](C)NC(=S)N[C@H]2CCCC[C@H]2C)cc1F. The number of hydrogen-bond donors (Lipinski definition) is 2. The van der Waals surface area contributed by atoms with Crippen LogP contribution in [0.25, 0.3) is 0 Å². The van der Waals surface area contributed by atoms with Crippen molar-refractivity contribution in [2.45, 2.75) is 51.6 Å². The molecule has 0 radical (unpaired) electrons. The van der Waals surface area contributed by atoms with Crippen molar-refractivity contribution in [3.8, 4) is 5.75 Å². The fourth-order valence-electron chi connectivity index (χ4n) is 2.97. The van der Waals surface area contributed by atoms with Crippen LogP contribution in [0.3, 0.4) is 0 Å². The van der Waals surface area contributed by atoms with Gasteiger partial charge in [-0.25, -0.2) is 4.39 Å². The lowest BCUT2D eigenvalue weighted by molar-refractivity contribution is 0.307. The van der Waals surface area contributed by atoms with Gasteiger partial charge >= 0.3 is 0 Å². The molecule has 0 amide bonds. The fraction of sp³-hybridized carbons (Fsp3) is 0.588. The van der Waals surface area contributed by atoms with Crippen LogP contribution in [0.1, 0.15) is 51.1 Å². The number of ether oxygens (including phenoxy) is 1. The van der Waals surface area contributed by atoms with Crippen LogP contribution in [-0.4, -0.2) is 18.3 Å². The molecule has 2 rings (SSSR count). The van der Waals surface area contributed by atoms with E-state index in [1.807, 2.05) is 13.0 Å². The van der Waals surface area contributed by atoms with Gasteiger partial charge in [-0.15, -0.1) is 0 Å². The first-order chi connectivity index (χ1) is 10.5. The molecule has 1 saturated carbocycles. The molecule has 0 aromatic heterocycles. The maximum Gasteiger partial charge on any atom is 0.166 e. The largest absolute Gasteiger partial charge is 0.494 e. The van der Waals surface area contributed by atoms with E-state index in [1.165, 1.54) is 32.4 Å². The summed E-state index contributed by atoms with van der Waals surface area (Å²) in [5.41, 5.74) is 0.846. The van der Waals surface area contributed by atoms with E-state index in [-0.39, 0.29) is 17.6 Å². The number of thiocarbonyl (C=S) groups is 1. The zero-order valence-corrected chi connectivity index (χ0v) is 14.3. The van der Waals surface area contributed by atoms with Crippen LogP contribution in [0.15, 0.2) is 18.2 Å². The van der Waals surface area contributed by atoms with Gasteiger partial charge in [0.25, 0.3) is 0 Å². The van der Waals surface area contributed by atoms with Crippen molar-refractivity contribution in [1.29, 1.82) is 0 Å². The molecular formula is C17H25FN2OS. The molecule has 122 valence electrons. The van der Waals surface area contributed by atoms with Crippen molar-refractivity contribution in [2.24, 2.45) is 5.92 Å². The maximum atomic E-state index is 13.8. The molecule has 0 unspecified atom stereocenters. The van der Waals surface area contributed by atoms with E-state index in [1.54, 1.807) is 6.07 Å². The molecule has 0 spiro atoms. The van der Waals surface area contributed by atoms with Gasteiger partial charge < -0.3 is 15.4 Å². The highest BCUT2D eigenvalue weighted by molar-refractivity contribution is 7.80. The van der Waals surface area contributed by atoms with Gasteiger partial charge in [0.1, 0.15) is 0 Å². The Hall–Kier alpha value is -1.36. The fourth-order valence-corrected chi connectivity index (χ4v) is 3.30. The number of hydrogen-bond acceptors (Lipinski definition) is 2. The van der Waals surface area contributed by atoms with Crippen LogP contribution in [-0.2, 0) is 0 Å². The summed E-state index contributed by atoms with van der Waals surface area (Å²) in [7, 11) is 1.46. The summed E-state index contributed by atoms with van der Waals surface area (Å²) in [5.74, 6) is 0.545. The molecule has 0 saturated heterocycles. The molecule has 3 nitrogen and oxygen atoms in total. The van der Waals surface area contributed by atoms with E-state index in [9.17, 15) is 4.39 Å². The van der Waals surface area contributed by atoms with E-state index < -0.39 is 0 Å². The Morgan fingerprint density at radius 3 is 2.73 bits per heavy atom. The van der Waals surface area contributed by atoms with Gasteiger partial charge in [0.2, 0.25) is 0 Å². The van der Waals surface area contributed by atoms with Crippen molar-refractivity contribution >= 4 is 17.3 Å². The zero-order chi connectivity index (χ0) is 16.1. The summed E-state index contributed by atoms with van der Waals surface area (Å²) in [6.45, 7) is 4.24. The van der Waals surface area contributed by atoms with Gasteiger partial charge in [-0.1, -0.05) is 25.8 Å². The molecule has 1 aliphatic rings. The number of methoxy groups -OCH3 is 1. The topological polar surface area (TPSA) is 33.3 Å². The Balaban J connectivity index is 1.91. The molecule has 3 atom stereocenters. The molecule has 1 aromatic rings. The third-order valence-corrected chi connectivity index (χ3v) is 4.69. The summed E-state index contributed by atoms with van der Waals surface area (Å²) in [6.07, 6.45) is 4.97. The average Bonchev–Trinajstić information content (AvgIpc) is 2.49. The van der Waals surface area contributed by atoms with Gasteiger partial charge in [-0.2, -0.15) is 0 Å². The monoisotopic (exact) mass is 324 g/mol. The minimum absolute atomic E-state index is 0.0562. The van der Waals surface area contributed by atoms with Gasteiger partial charge in [-0.3, -0.25) is 0 Å². The van der Waals surface area contributed by atoms with Gasteiger partial charge in [0.15, 0.2) is 16.7 Å².